The van der Waals surface area contributed by atoms with Crippen LogP contribution in [0.25, 0.3) is 0 Å². The number of rotatable bonds is 9. The first kappa shape index (κ1) is 19.0. The molecule has 0 unspecified atom stereocenters. The Morgan fingerprint density at radius 3 is 2.63 bits per heavy atom. The Morgan fingerprint density at radius 2 is 2.11 bits per heavy atom. The van der Waals surface area contributed by atoms with Gasteiger partial charge >= 0.3 is 0 Å². The van der Waals surface area contributed by atoms with Crippen molar-refractivity contribution in [1.82, 2.24) is 5.32 Å². The number of hydrogen-bond donors (Lipinski definition) is 2. The van der Waals surface area contributed by atoms with Crippen LogP contribution in [0.2, 0.25) is 0 Å². The topological polar surface area (TPSA) is 59.6 Å². The molecule has 1 aliphatic carbocycles. The number of guanidine groups is 1. The maximum Gasteiger partial charge on any atom is 0.188 e. The van der Waals surface area contributed by atoms with E-state index in [1.54, 1.807) is 0 Å². The Morgan fingerprint density at radius 1 is 1.37 bits per heavy atom. The van der Waals surface area contributed by atoms with E-state index < -0.39 is 0 Å². The summed E-state index contributed by atoms with van der Waals surface area (Å²) in [4.78, 5) is 4.50. The molecule has 0 atom stereocenters. The molecule has 0 aromatic carbocycles. The van der Waals surface area contributed by atoms with Crippen LogP contribution in [-0.4, -0.2) is 32.3 Å². The quantitative estimate of drug-likeness (QED) is 0.279. The lowest BCUT2D eigenvalue weighted by Gasteiger charge is -2.40. The first-order chi connectivity index (χ1) is 8.72. The van der Waals surface area contributed by atoms with Gasteiger partial charge in [-0.1, -0.05) is 19.8 Å². The fourth-order valence-electron chi connectivity index (χ4n) is 2.30. The minimum Gasteiger partial charge on any atom is -0.382 e. The maximum absolute atomic E-state index is 5.86. The molecule has 3 N–H and O–H groups in total. The van der Waals surface area contributed by atoms with Crippen molar-refractivity contribution in [2.24, 2.45) is 16.1 Å². The second kappa shape index (κ2) is 10.7. The second-order valence-corrected chi connectivity index (χ2v) is 5.28. The van der Waals surface area contributed by atoms with E-state index in [9.17, 15) is 0 Å². The molecule has 1 fully saturated rings. The normalized spacial score (nSPS) is 17.5. The fourth-order valence-corrected chi connectivity index (χ4v) is 2.30. The molecule has 19 heavy (non-hydrogen) atoms. The van der Waals surface area contributed by atoms with Crippen LogP contribution in [-0.2, 0) is 4.74 Å². The average Bonchev–Trinajstić information content (AvgIpc) is 2.32. The van der Waals surface area contributed by atoms with Crippen LogP contribution in [0.4, 0.5) is 0 Å². The van der Waals surface area contributed by atoms with Crippen LogP contribution < -0.4 is 11.1 Å². The smallest absolute Gasteiger partial charge is 0.188 e. The summed E-state index contributed by atoms with van der Waals surface area (Å²) < 4.78 is 5.46. The third-order valence-electron chi connectivity index (χ3n) is 3.82. The summed E-state index contributed by atoms with van der Waals surface area (Å²) in [7, 11) is 0. The molecule has 114 valence electrons. The monoisotopic (exact) mass is 383 g/mol. The number of ether oxygens (including phenoxy) is 1. The van der Waals surface area contributed by atoms with E-state index in [4.69, 9.17) is 10.5 Å². The van der Waals surface area contributed by atoms with Crippen LogP contribution in [0.5, 0.6) is 0 Å². The Bertz CT molecular complexity index is 255. The minimum absolute atomic E-state index is 0. The molecule has 0 spiro atoms. The highest BCUT2D eigenvalue weighted by Crippen LogP contribution is 2.44. The van der Waals surface area contributed by atoms with Crippen molar-refractivity contribution in [3.8, 4) is 0 Å². The Labute approximate surface area is 135 Å². The molecule has 5 heteroatoms. The summed E-state index contributed by atoms with van der Waals surface area (Å²) in [5.74, 6) is 0.603. The third-order valence-corrected chi connectivity index (χ3v) is 3.82. The van der Waals surface area contributed by atoms with Gasteiger partial charge in [0.15, 0.2) is 5.96 Å². The van der Waals surface area contributed by atoms with Crippen molar-refractivity contribution in [2.75, 3.05) is 26.3 Å². The van der Waals surface area contributed by atoms with Gasteiger partial charge in [-0.25, -0.2) is 0 Å². The summed E-state index contributed by atoms with van der Waals surface area (Å²) in [5.41, 5.74) is 6.23. The zero-order valence-corrected chi connectivity index (χ0v) is 14.7. The molecule has 0 amide bonds. The van der Waals surface area contributed by atoms with Gasteiger partial charge in [0.05, 0.1) is 0 Å². The van der Waals surface area contributed by atoms with E-state index in [0.717, 1.165) is 39.1 Å². The lowest BCUT2D eigenvalue weighted by molar-refractivity contribution is 0.0609. The summed E-state index contributed by atoms with van der Waals surface area (Å²) >= 11 is 0. The molecule has 0 saturated heterocycles. The van der Waals surface area contributed by atoms with Crippen LogP contribution in [0.1, 0.15) is 52.4 Å². The maximum atomic E-state index is 5.86. The lowest BCUT2D eigenvalue weighted by Crippen LogP contribution is -2.37. The number of nitrogens with one attached hydrogen (secondary N) is 1. The van der Waals surface area contributed by atoms with Crippen molar-refractivity contribution in [2.45, 2.75) is 52.4 Å². The van der Waals surface area contributed by atoms with E-state index in [0.29, 0.717) is 11.4 Å². The van der Waals surface area contributed by atoms with E-state index in [1.165, 1.54) is 25.7 Å². The van der Waals surface area contributed by atoms with Crippen LogP contribution in [0.15, 0.2) is 4.99 Å². The van der Waals surface area contributed by atoms with Crippen molar-refractivity contribution in [3.05, 3.63) is 0 Å². The third kappa shape index (κ3) is 7.34. The van der Waals surface area contributed by atoms with Crippen molar-refractivity contribution in [3.63, 3.8) is 0 Å². The second-order valence-electron chi connectivity index (χ2n) is 5.28. The summed E-state index contributed by atoms with van der Waals surface area (Å²) in [5, 5.41) is 3.17. The van der Waals surface area contributed by atoms with Gasteiger partial charge in [-0.2, -0.15) is 0 Å². The van der Waals surface area contributed by atoms with Gasteiger partial charge in [-0.3, -0.25) is 4.99 Å². The molecule has 1 aliphatic rings. The van der Waals surface area contributed by atoms with Gasteiger partial charge in [-0.05, 0) is 38.0 Å². The predicted molar refractivity (Wildman–Crippen MR) is 92.2 cm³/mol. The van der Waals surface area contributed by atoms with Crippen LogP contribution >= 0.6 is 24.0 Å². The summed E-state index contributed by atoms with van der Waals surface area (Å²) in [6.45, 7) is 7.66. The molecule has 4 nitrogen and oxygen atoms in total. The van der Waals surface area contributed by atoms with E-state index >= 15 is 0 Å². The zero-order valence-electron chi connectivity index (χ0n) is 12.4. The van der Waals surface area contributed by atoms with E-state index in [-0.39, 0.29) is 24.0 Å². The number of nitrogens with zero attached hydrogens (tertiary/aromatic N) is 1. The number of aliphatic imine (C=N–C) groups is 1. The number of nitrogens with two attached hydrogens (primary N) is 1. The SMILES string of the molecule is CCCCNC(N)=NCC1(CCOCC)CCC1.I. The first-order valence-electron chi connectivity index (χ1n) is 7.34. The molecule has 0 radical (unpaired) electrons. The van der Waals surface area contributed by atoms with Gasteiger partial charge in [0, 0.05) is 26.3 Å². The molecule has 0 aliphatic heterocycles. The lowest BCUT2D eigenvalue weighted by atomic mass is 9.67. The molecule has 0 bridgehead atoms. The standard InChI is InChI=1S/C14H29N3O.HI/c1-3-5-10-16-13(15)17-12-14(7-6-8-14)9-11-18-4-2;/h3-12H2,1-2H3,(H3,15,16,17);1H. The Kier molecular flexibility index (Phi) is 10.7. The highest BCUT2D eigenvalue weighted by Gasteiger charge is 2.36. The predicted octanol–water partition coefficient (Wildman–Crippen LogP) is 2.91. The summed E-state index contributed by atoms with van der Waals surface area (Å²) in [6.07, 6.45) is 7.30. The minimum atomic E-state index is 0. The highest BCUT2D eigenvalue weighted by molar-refractivity contribution is 14.0. The molecular weight excluding hydrogens is 353 g/mol. The molecule has 0 aromatic rings. The van der Waals surface area contributed by atoms with Crippen LogP contribution in [0, 0.1) is 5.41 Å². The average molecular weight is 383 g/mol. The number of halogens is 1. The van der Waals surface area contributed by atoms with E-state index in [2.05, 4.69) is 17.2 Å². The van der Waals surface area contributed by atoms with Crippen molar-refractivity contribution < 1.29 is 4.74 Å². The Balaban J connectivity index is 0.00000324. The highest BCUT2D eigenvalue weighted by atomic mass is 127. The molecule has 1 saturated carbocycles. The molecular formula is C14H30IN3O. The number of unbranched alkanes of at least 4 members (excludes halogenated alkanes) is 1. The first-order valence-corrected chi connectivity index (χ1v) is 7.34. The fraction of sp³-hybridized carbons (Fsp3) is 0.929. The number of hydrogen-bond acceptors (Lipinski definition) is 2. The molecule has 1 rings (SSSR count). The van der Waals surface area contributed by atoms with E-state index in [1.807, 2.05) is 6.92 Å². The summed E-state index contributed by atoms with van der Waals surface area (Å²) in [6, 6.07) is 0. The van der Waals surface area contributed by atoms with Crippen molar-refractivity contribution >= 4 is 29.9 Å². The largest absolute Gasteiger partial charge is 0.382 e. The van der Waals surface area contributed by atoms with Crippen molar-refractivity contribution in [1.29, 1.82) is 0 Å². The Hall–Kier alpha value is -0.0400. The van der Waals surface area contributed by atoms with Gasteiger partial charge in [0.25, 0.3) is 0 Å². The molecule has 0 aromatic heterocycles. The van der Waals surface area contributed by atoms with Gasteiger partial charge in [-0.15, -0.1) is 24.0 Å². The zero-order chi connectivity index (χ0) is 13.3. The van der Waals surface area contributed by atoms with Gasteiger partial charge < -0.3 is 15.8 Å². The van der Waals surface area contributed by atoms with Gasteiger partial charge in [0.2, 0.25) is 0 Å². The van der Waals surface area contributed by atoms with Crippen LogP contribution in [0.3, 0.4) is 0 Å². The van der Waals surface area contributed by atoms with Gasteiger partial charge in [0.1, 0.15) is 0 Å². The molecule has 0 heterocycles.